The zero-order valence-electron chi connectivity index (χ0n) is 19.9. The molecule has 2 aromatic rings. The maximum absolute atomic E-state index is 13.1. The van der Waals surface area contributed by atoms with Gasteiger partial charge < -0.3 is 29.9 Å². The first-order valence-electron chi connectivity index (χ1n) is 12.1. The minimum absolute atomic E-state index is 0.0152. The Labute approximate surface area is 195 Å². The van der Waals surface area contributed by atoms with E-state index < -0.39 is 6.04 Å². The summed E-state index contributed by atoms with van der Waals surface area (Å²) in [6, 6.07) is 5.60. The number of rotatable bonds is 6. The Bertz CT molecular complexity index is 1010. The monoisotopic (exact) mass is 456 g/mol. The first kappa shape index (κ1) is 23.4. The molecule has 2 aliphatic rings. The maximum Gasteiger partial charge on any atom is 0.317 e. The Morgan fingerprint density at radius 1 is 1.24 bits per heavy atom. The van der Waals surface area contributed by atoms with E-state index in [4.69, 9.17) is 4.74 Å². The molecule has 1 fully saturated rings. The highest BCUT2D eigenvalue weighted by molar-refractivity contribution is 5.89. The fraction of sp³-hybridized carbons (Fsp3) is 0.600. The van der Waals surface area contributed by atoms with Gasteiger partial charge in [-0.1, -0.05) is 13.8 Å². The van der Waals surface area contributed by atoms with Crippen LogP contribution in [0.5, 0.6) is 5.75 Å². The third-order valence-corrected chi connectivity index (χ3v) is 7.24. The van der Waals surface area contributed by atoms with E-state index in [1.54, 1.807) is 7.11 Å². The second-order valence-corrected chi connectivity index (χ2v) is 9.29. The molecule has 1 aromatic carbocycles. The van der Waals surface area contributed by atoms with E-state index in [2.05, 4.69) is 16.4 Å². The van der Waals surface area contributed by atoms with Crippen LogP contribution in [0.2, 0.25) is 0 Å². The van der Waals surface area contributed by atoms with Gasteiger partial charge in [-0.3, -0.25) is 4.79 Å². The van der Waals surface area contributed by atoms with Gasteiger partial charge in [0.05, 0.1) is 19.8 Å². The average Bonchev–Trinajstić information content (AvgIpc) is 3.22. The van der Waals surface area contributed by atoms with Crippen LogP contribution in [-0.4, -0.2) is 71.7 Å². The number of aromatic nitrogens is 1. The van der Waals surface area contributed by atoms with E-state index in [-0.39, 0.29) is 24.0 Å². The Hall–Kier alpha value is -2.74. The van der Waals surface area contributed by atoms with Crippen LogP contribution < -0.4 is 10.1 Å². The SMILES string of the molecule is CCCNC(=O)N1CCC2(CC1)CN(C(=O)CCC)[C@@H](CO)c1[nH]c3cc(OC)ccc3c12. The number of nitrogens with one attached hydrogen (secondary N) is 2. The summed E-state index contributed by atoms with van der Waals surface area (Å²) in [5.74, 6) is 0.831. The normalized spacial score (nSPS) is 19.6. The van der Waals surface area contributed by atoms with Crippen molar-refractivity contribution in [3.63, 3.8) is 0 Å². The molecular formula is C25H36N4O4. The molecule has 1 atom stereocenters. The number of fused-ring (bicyclic) bond motifs is 4. The van der Waals surface area contributed by atoms with Gasteiger partial charge in [-0.05, 0) is 43.4 Å². The van der Waals surface area contributed by atoms with Crippen molar-refractivity contribution in [1.29, 1.82) is 0 Å². The Kier molecular flexibility index (Phi) is 6.83. The lowest BCUT2D eigenvalue weighted by atomic mass is 9.68. The van der Waals surface area contributed by atoms with Crippen LogP contribution in [0.3, 0.4) is 0 Å². The topological polar surface area (TPSA) is 97.9 Å². The van der Waals surface area contributed by atoms with Gasteiger partial charge >= 0.3 is 6.03 Å². The average molecular weight is 457 g/mol. The lowest BCUT2D eigenvalue weighted by molar-refractivity contribution is -0.137. The van der Waals surface area contributed by atoms with Crippen molar-refractivity contribution in [2.24, 2.45) is 0 Å². The van der Waals surface area contributed by atoms with Gasteiger partial charge in [0.2, 0.25) is 5.91 Å². The molecule has 33 heavy (non-hydrogen) atoms. The van der Waals surface area contributed by atoms with Crippen molar-refractivity contribution in [2.75, 3.05) is 39.9 Å². The molecule has 1 aromatic heterocycles. The molecule has 1 saturated heterocycles. The Morgan fingerprint density at radius 2 is 2.00 bits per heavy atom. The number of aliphatic hydroxyl groups excluding tert-OH is 1. The molecule has 3 N–H and O–H groups in total. The van der Waals surface area contributed by atoms with Crippen molar-refractivity contribution < 1.29 is 19.4 Å². The number of amides is 3. The van der Waals surface area contributed by atoms with Crippen LogP contribution in [0, 0.1) is 0 Å². The van der Waals surface area contributed by atoms with Gasteiger partial charge in [0.15, 0.2) is 0 Å². The number of aromatic amines is 1. The summed E-state index contributed by atoms with van der Waals surface area (Å²) in [5.41, 5.74) is 2.79. The summed E-state index contributed by atoms with van der Waals surface area (Å²) < 4.78 is 5.42. The summed E-state index contributed by atoms with van der Waals surface area (Å²) in [6.07, 6.45) is 3.67. The number of hydrogen-bond donors (Lipinski definition) is 3. The van der Waals surface area contributed by atoms with Crippen LogP contribution >= 0.6 is 0 Å². The van der Waals surface area contributed by atoms with Gasteiger partial charge in [0, 0.05) is 60.7 Å². The number of piperidine rings is 1. The Balaban J connectivity index is 1.75. The highest BCUT2D eigenvalue weighted by Gasteiger charge is 2.48. The van der Waals surface area contributed by atoms with E-state index in [1.165, 1.54) is 5.56 Å². The predicted octanol–water partition coefficient (Wildman–Crippen LogP) is 3.31. The molecule has 2 aliphatic heterocycles. The number of nitrogens with zero attached hydrogens (tertiary/aromatic N) is 2. The van der Waals surface area contributed by atoms with Crippen LogP contribution in [-0.2, 0) is 10.2 Å². The number of H-pyrrole nitrogens is 1. The molecule has 0 saturated carbocycles. The highest BCUT2D eigenvalue weighted by atomic mass is 16.5. The van der Waals surface area contributed by atoms with Crippen LogP contribution in [0.15, 0.2) is 18.2 Å². The minimum Gasteiger partial charge on any atom is -0.497 e. The van der Waals surface area contributed by atoms with Crippen molar-refractivity contribution in [3.05, 3.63) is 29.5 Å². The fourth-order valence-corrected chi connectivity index (χ4v) is 5.52. The molecule has 3 heterocycles. The van der Waals surface area contributed by atoms with E-state index in [9.17, 15) is 14.7 Å². The van der Waals surface area contributed by atoms with Gasteiger partial charge in [0.1, 0.15) is 5.75 Å². The smallest absolute Gasteiger partial charge is 0.317 e. The molecular weight excluding hydrogens is 420 g/mol. The summed E-state index contributed by atoms with van der Waals surface area (Å²) in [7, 11) is 1.65. The minimum atomic E-state index is -0.394. The zero-order chi connectivity index (χ0) is 23.6. The molecule has 0 aliphatic carbocycles. The van der Waals surface area contributed by atoms with Gasteiger partial charge in [-0.15, -0.1) is 0 Å². The summed E-state index contributed by atoms with van der Waals surface area (Å²) in [5, 5.41) is 14.4. The first-order chi connectivity index (χ1) is 16.0. The van der Waals surface area contributed by atoms with Crippen LogP contribution in [0.1, 0.15) is 63.3 Å². The molecule has 180 valence electrons. The number of aliphatic hydroxyl groups is 1. The molecule has 0 unspecified atom stereocenters. The lowest BCUT2D eigenvalue weighted by Crippen LogP contribution is -2.56. The number of benzene rings is 1. The summed E-state index contributed by atoms with van der Waals surface area (Å²) in [6.45, 7) is 6.42. The van der Waals surface area contributed by atoms with E-state index in [0.717, 1.165) is 48.0 Å². The van der Waals surface area contributed by atoms with Crippen LogP contribution in [0.4, 0.5) is 4.79 Å². The van der Waals surface area contributed by atoms with Gasteiger partial charge in [0.25, 0.3) is 0 Å². The van der Waals surface area contributed by atoms with Crippen molar-refractivity contribution in [2.45, 2.75) is 57.4 Å². The summed E-state index contributed by atoms with van der Waals surface area (Å²) >= 11 is 0. The quantitative estimate of drug-likeness (QED) is 0.621. The molecule has 4 rings (SSSR count). The first-order valence-corrected chi connectivity index (χ1v) is 12.1. The highest BCUT2D eigenvalue weighted by Crippen LogP contribution is 2.49. The molecule has 3 amide bonds. The third kappa shape index (κ3) is 4.16. The Morgan fingerprint density at radius 3 is 2.64 bits per heavy atom. The number of hydrogen-bond acceptors (Lipinski definition) is 4. The number of carbonyl (C=O) groups excluding carboxylic acids is 2. The number of ether oxygens (including phenoxy) is 1. The standard InChI is InChI=1S/C25H36N4O4/c1-4-6-21(31)29-16-25(9-12-28(13-10-25)24(32)26-11-5-2)22-18-8-7-17(33-3)14-19(18)27-23(22)20(29)15-30/h7-8,14,20,27,30H,4-6,9-13,15-16H2,1-3H3,(H,26,32)/t20-/m0/s1. The zero-order valence-corrected chi connectivity index (χ0v) is 19.9. The number of methoxy groups -OCH3 is 1. The molecule has 0 radical (unpaired) electrons. The van der Waals surface area contributed by atoms with Gasteiger partial charge in [-0.2, -0.15) is 0 Å². The third-order valence-electron chi connectivity index (χ3n) is 7.24. The predicted molar refractivity (Wildman–Crippen MR) is 127 cm³/mol. The number of likely N-dealkylation sites (tertiary alicyclic amines) is 1. The van der Waals surface area contributed by atoms with E-state index in [1.807, 2.05) is 35.8 Å². The van der Waals surface area contributed by atoms with Gasteiger partial charge in [-0.25, -0.2) is 4.79 Å². The maximum atomic E-state index is 13.1. The molecule has 1 spiro atoms. The number of carbonyl (C=O) groups is 2. The van der Waals surface area contributed by atoms with Crippen molar-refractivity contribution in [1.82, 2.24) is 20.1 Å². The van der Waals surface area contributed by atoms with Crippen molar-refractivity contribution >= 4 is 22.8 Å². The molecule has 0 bridgehead atoms. The fourth-order valence-electron chi connectivity index (χ4n) is 5.52. The molecule has 8 nitrogen and oxygen atoms in total. The van der Waals surface area contributed by atoms with E-state index >= 15 is 0 Å². The second kappa shape index (κ2) is 9.63. The summed E-state index contributed by atoms with van der Waals surface area (Å²) in [4.78, 5) is 33.0. The number of urea groups is 1. The largest absolute Gasteiger partial charge is 0.497 e. The lowest BCUT2D eigenvalue weighted by Gasteiger charge is -2.50. The second-order valence-electron chi connectivity index (χ2n) is 9.29. The van der Waals surface area contributed by atoms with Crippen LogP contribution in [0.25, 0.3) is 10.9 Å². The van der Waals surface area contributed by atoms with E-state index in [0.29, 0.717) is 32.6 Å². The molecule has 8 heteroatoms. The van der Waals surface area contributed by atoms with Crippen molar-refractivity contribution in [3.8, 4) is 5.75 Å².